The third-order valence-corrected chi connectivity index (χ3v) is 4.00. The molecular formula is C16H22N6O. The zero-order valence-electron chi connectivity index (χ0n) is 13.5. The fourth-order valence-electron chi connectivity index (χ4n) is 2.76. The molecule has 0 aliphatic carbocycles. The second-order valence-electron chi connectivity index (χ2n) is 6.10. The number of carbonyl (C=O) groups excluding carboxylic acids is 1. The summed E-state index contributed by atoms with van der Waals surface area (Å²) in [6, 6.07) is 2.11. The number of hydrogen-bond acceptors (Lipinski definition) is 5. The van der Waals surface area contributed by atoms with E-state index in [4.69, 9.17) is 0 Å². The first-order valence-electron chi connectivity index (χ1n) is 8.00. The van der Waals surface area contributed by atoms with Gasteiger partial charge in [0.2, 0.25) is 0 Å². The van der Waals surface area contributed by atoms with Crippen molar-refractivity contribution in [3.05, 3.63) is 36.5 Å². The first-order chi connectivity index (χ1) is 11.1. The Bertz CT molecular complexity index is 654. The molecule has 0 spiro atoms. The van der Waals surface area contributed by atoms with Gasteiger partial charge in [-0.25, -0.2) is 4.98 Å². The lowest BCUT2D eigenvalue weighted by atomic mass is 10.1. The number of amides is 1. The molecular weight excluding hydrogens is 292 g/mol. The molecule has 1 atom stereocenters. The average Bonchev–Trinajstić information content (AvgIpc) is 3.06. The number of piperidine rings is 1. The van der Waals surface area contributed by atoms with Crippen molar-refractivity contribution in [3.8, 4) is 0 Å². The lowest BCUT2D eigenvalue weighted by Gasteiger charge is -2.33. The van der Waals surface area contributed by atoms with Crippen molar-refractivity contribution in [2.75, 3.05) is 18.0 Å². The molecule has 0 unspecified atom stereocenters. The lowest BCUT2D eigenvalue weighted by Crippen LogP contribution is -2.48. The van der Waals surface area contributed by atoms with E-state index in [-0.39, 0.29) is 18.0 Å². The van der Waals surface area contributed by atoms with Gasteiger partial charge in [0.05, 0.1) is 6.20 Å². The third-order valence-electron chi connectivity index (χ3n) is 4.00. The predicted octanol–water partition coefficient (Wildman–Crippen LogP) is 1.65. The molecule has 7 nitrogen and oxygen atoms in total. The van der Waals surface area contributed by atoms with Crippen LogP contribution in [0.2, 0.25) is 0 Å². The Labute approximate surface area is 135 Å². The van der Waals surface area contributed by atoms with Crippen molar-refractivity contribution >= 4 is 11.7 Å². The van der Waals surface area contributed by atoms with Gasteiger partial charge >= 0.3 is 0 Å². The largest absolute Gasteiger partial charge is 0.353 e. The number of nitrogens with zero attached hydrogens (tertiary/aromatic N) is 5. The third kappa shape index (κ3) is 3.67. The summed E-state index contributed by atoms with van der Waals surface area (Å²) in [7, 11) is 0. The quantitative estimate of drug-likeness (QED) is 0.928. The molecule has 0 radical (unpaired) electrons. The fourth-order valence-corrected chi connectivity index (χ4v) is 2.76. The van der Waals surface area contributed by atoms with Gasteiger partial charge in [-0.05, 0) is 32.8 Å². The molecule has 1 amide bonds. The maximum atomic E-state index is 12.4. The number of aromatic nitrogens is 4. The summed E-state index contributed by atoms with van der Waals surface area (Å²) in [6.45, 7) is 5.76. The van der Waals surface area contributed by atoms with E-state index in [0.717, 1.165) is 31.7 Å². The minimum Gasteiger partial charge on any atom is -0.353 e. The second-order valence-corrected chi connectivity index (χ2v) is 6.10. The maximum absolute atomic E-state index is 12.4. The molecule has 1 N–H and O–H groups in total. The average molecular weight is 314 g/mol. The Morgan fingerprint density at radius 2 is 2.26 bits per heavy atom. The van der Waals surface area contributed by atoms with Gasteiger partial charge in [0, 0.05) is 43.8 Å². The van der Waals surface area contributed by atoms with Crippen LogP contribution in [-0.4, -0.2) is 44.8 Å². The van der Waals surface area contributed by atoms with Crippen LogP contribution in [0.15, 0.2) is 30.9 Å². The van der Waals surface area contributed by atoms with Crippen molar-refractivity contribution < 1.29 is 4.79 Å². The molecule has 1 fully saturated rings. The second kappa shape index (κ2) is 6.76. The van der Waals surface area contributed by atoms with E-state index in [1.54, 1.807) is 29.3 Å². The van der Waals surface area contributed by atoms with Crippen LogP contribution in [0, 0.1) is 0 Å². The van der Waals surface area contributed by atoms with Gasteiger partial charge in [-0.15, -0.1) is 0 Å². The topological polar surface area (TPSA) is 75.9 Å². The minimum absolute atomic E-state index is 0.0995. The van der Waals surface area contributed by atoms with Crippen LogP contribution in [0.25, 0.3) is 0 Å². The molecule has 1 saturated heterocycles. The van der Waals surface area contributed by atoms with E-state index in [9.17, 15) is 4.79 Å². The summed E-state index contributed by atoms with van der Waals surface area (Å²) < 4.78 is 1.79. The molecule has 7 heteroatoms. The normalized spacial score (nSPS) is 18.2. The van der Waals surface area contributed by atoms with E-state index in [1.807, 2.05) is 20.0 Å². The highest BCUT2D eigenvalue weighted by molar-refractivity contribution is 5.92. The molecule has 1 aliphatic rings. The van der Waals surface area contributed by atoms with Crippen LogP contribution in [0.5, 0.6) is 0 Å². The molecule has 3 heterocycles. The Morgan fingerprint density at radius 3 is 2.96 bits per heavy atom. The van der Waals surface area contributed by atoms with Crippen molar-refractivity contribution in [2.24, 2.45) is 0 Å². The number of nitrogens with one attached hydrogen (secondary N) is 1. The zero-order chi connectivity index (χ0) is 16.2. The summed E-state index contributed by atoms with van der Waals surface area (Å²) in [6.07, 6.45) is 8.93. The minimum atomic E-state index is -0.115. The molecule has 23 heavy (non-hydrogen) atoms. The molecule has 1 aliphatic heterocycles. The summed E-state index contributed by atoms with van der Waals surface area (Å²) >= 11 is 0. The van der Waals surface area contributed by atoms with Crippen LogP contribution >= 0.6 is 0 Å². The molecule has 2 aromatic heterocycles. The van der Waals surface area contributed by atoms with Crippen LogP contribution in [0.4, 0.5) is 5.82 Å². The monoisotopic (exact) mass is 314 g/mol. The highest BCUT2D eigenvalue weighted by atomic mass is 16.2. The van der Waals surface area contributed by atoms with Gasteiger partial charge in [-0.1, -0.05) is 0 Å². The Hall–Kier alpha value is -2.44. The number of rotatable bonds is 4. The van der Waals surface area contributed by atoms with E-state index in [1.165, 1.54) is 0 Å². The fraction of sp³-hybridized carbons (Fsp3) is 0.500. The first kappa shape index (κ1) is 15.5. The smallest absolute Gasteiger partial charge is 0.272 e. The van der Waals surface area contributed by atoms with Crippen LogP contribution in [-0.2, 0) is 0 Å². The highest BCUT2D eigenvalue weighted by Gasteiger charge is 2.23. The van der Waals surface area contributed by atoms with Gasteiger partial charge in [-0.3, -0.25) is 14.5 Å². The van der Waals surface area contributed by atoms with Gasteiger partial charge in [-0.2, -0.15) is 5.10 Å². The standard InChI is InChI=1S/C16H22N6O/c1-12(2)22-9-5-14(20-22)16(23)19-13-4-3-8-21(11-13)15-10-17-6-7-18-15/h5-7,9-10,12-13H,3-4,8,11H2,1-2H3,(H,19,23)/t13-/m0/s1. The molecule has 0 bridgehead atoms. The number of carbonyl (C=O) groups is 1. The summed E-state index contributed by atoms with van der Waals surface area (Å²) in [5.41, 5.74) is 0.468. The van der Waals surface area contributed by atoms with Gasteiger partial charge in [0.25, 0.3) is 5.91 Å². The van der Waals surface area contributed by atoms with E-state index in [0.29, 0.717) is 5.69 Å². The maximum Gasteiger partial charge on any atom is 0.272 e. The predicted molar refractivity (Wildman–Crippen MR) is 87.3 cm³/mol. The summed E-state index contributed by atoms with van der Waals surface area (Å²) in [5.74, 6) is 0.742. The van der Waals surface area contributed by atoms with Gasteiger partial charge in [0.15, 0.2) is 0 Å². The molecule has 122 valence electrons. The molecule has 2 aromatic rings. The Kier molecular flexibility index (Phi) is 4.55. The van der Waals surface area contributed by atoms with E-state index in [2.05, 4.69) is 25.3 Å². The van der Waals surface area contributed by atoms with Gasteiger partial charge < -0.3 is 10.2 Å². The zero-order valence-corrected chi connectivity index (χ0v) is 13.5. The van der Waals surface area contributed by atoms with Crippen LogP contribution < -0.4 is 10.2 Å². The van der Waals surface area contributed by atoms with Crippen LogP contribution in [0.1, 0.15) is 43.2 Å². The number of hydrogen-bond donors (Lipinski definition) is 1. The van der Waals surface area contributed by atoms with Crippen molar-refractivity contribution in [2.45, 2.75) is 38.8 Å². The SMILES string of the molecule is CC(C)n1ccc(C(=O)N[C@H]2CCCN(c3cnccn3)C2)n1. The first-order valence-corrected chi connectivity index (χ1v) is 8.00. The van der Waals surface area contributed by atoms with Crippen LogP contribution in [0.3, 0.4) is 0 Å². The van der Waals surface area contributed by atoms with Gasteiger partial charge in [0.1, 0.15) is 11.5 Å². The van der Waals surface area contributed by atoms with Crippen molar-refractivity contribution in [3.63, 3.8) is 0 Å². The summed E-state index contributed by atoms with van der Waals surface area (Å²) in [5, 5.41) is 7.40. The Balaban J connectivity index is 1.62. The molecule has 0 saturated carbocycles. The lowest BCUT2D eigenvalue weighted by molar-refractivity contribution is 0.0927. The van der Waals surface area contributed by atoms with E-state index >= 15 is 0 Å². The summed E-state index contributed by atoms with van der Waals surface area (Å²) in [4.78, 5) is 23.0. The molecule has 0 aromatic carbocycles. The van der Waals surface area contributed by atoms with Crippen molar-refractivity contribution in [1.29, 1.82) is 0 Å². The Morgan fingerprint density at radius 1 is 1.39 bits per heavy atom. The van der Waals surface area contributed by atoms with E-state index < -0.39 is 0 Å². The molecule has 3 rings (SSSR count). The van der Waals surface area contributed by atoms with Crippen molar-refractivity contribution in [1.82, 2.24) is 25.1 Å². The highest BCUT2D eigenvalue weighted by Crippen LogP contribution is 2.16. The number of anilines is 1.